The van der Waals surface area contributed by atoms with Gasteiger partial charge in [-0.15, -0.1) is 0 Å². The summed E-state index contributed by atoms with van der Waals surface area (Å²) in [7, 11) is 0. The second-order valence-corrected chi connectivity index (χ2v) is 7.10. The van der Waals surface area contributed by atoms with Gasteiger partial charge >= 0.3 is 0 Å². The molecule has 5 heteroatoms. The lowest BCUT2D eigenvalue weighted by Gasteiger charge is -2.13. The Morgan fingerprint density at radius 1 is 1.10 bits per heavy atom. The number of rotatable bonds is 5. The highest BCUT2D eigenvalue weighted by Crippen LogP contribution is 2.30. The largest absolute Gasteiger partial charge is 0.368 e. The maximum atomic E-state index is 5.87. The molecule has 1 heterocycles. The second kappa shape index (κ2) is 7.81. The van der Waals surface area contributed by atoms with E-state index >= 15 is 0 Å². The van der Waals surface area contributed by atoms with Crippen LogP contribution < -0.4 is 5.73 Å². The average molecular weight is 294 g/mol. The highest BCUT2D eigenvalue weighted by molar-refractivity contribution is 7.98. The number of hydrogen-bond donors (Lipinski definition) is 1. The summed E-state index contributed by atoms with van der Waals surface area (Å²) < 4.78 is 0. The minimum Gasteiger partial charge on any atom is -0.368 e. The lowest BCUT2D eigenvalue weighted by atomic mass is 10.00. The fourth-order valence-electron chi connectivity index (χ4n) is 2.63. The fraction of sp³-hybridized carbons (Fsp3) is 0.800. The highest BCUT2D eigenvalue weighted by Gasteiger charge is 2.18. The lowest BCUT2D eigenvalue weighted by molar-refractivity contribution is 0.556. The van der Waals surface area contributed by atoms with Crippen molar-refractivity contribution in [3.05, 3.63) is 11.6 Å². The van der Waals surface area contributed by atoms with Gasteiger partial charge in [-0.05, 0) is 24.5 Å². The molecule has 0 amide bonds. The molecule has 0 aliphatic heterocycles. The maximum Gasteiger partial charge on any atom is 0.223 e. The normalized spacial score (nSPS) is 17.4. The predicted octanol–water partition coefficient (Wildman–Crippen LogP) is 3.78. The Hall–Kier alpha value is -0.840. The van der Waals surface area contributed by atoms with Gasteiger partial charge in [0.25, 0.3) is 0 Å². The molecule has 20 heavy (non-hydrogen) atoms. The summed E-state index contributed by atoms with van der Waals surface area (Å²) >= 11 is 1.87. The van der Waals surface area contributed by atoms with Gasteiger partial charge in [0.05, 0.1) is 5.75 Å². The molecular weight excluding hydrogens is 268 g/mol. The van der Waals surface area contributed by atoms with Crippen molar-refractivity contribution in [2.24, 2.45) is 5.92 Å². The molecular formula is C15H26N4S. The smallest absolute Gasteiger partial charge is 0.223 e. The van der Waals surface area contributed by atoms with Gasteiger partial charge in [-0.1, -0.05) is 39.5 Å². The standard InChI is InChI=1S/C15H26N4S/c1-11(2)9-20-10-13-17-14(19-15(16)18-13)12-7-5-3-4-6-8-12/h11-12H,3-10H2,1-2H3,(H2,16,17,18,19). The van der Waals surface area contributed by atoms with Gasteiger partial charge in [-0.3, -0.25) is 0 Å². The molecule has 1 fully saturated rings. The Kier molecular flexibility index (Phi) is 6.07. The van der Waals surface area contributed by atoms with E-state index in [9.17, 15) is 0 Å². The average Bonchev–Trinajstić information content (AvgIpc) is 2.66. The van der Waals surface area contributed by atoms with E-state index in [4.69, 9.17) is 5.73 Å². The summed E-state index contributed by atoms with van der Waals surface area (Å²) in [6.07, 6.45) is 7.65. The third kappa shape index (κ3) is 4.93. The Bertz CT molecular complexity index is 414. The van der Waals surface area contributed by atoms with Gasteiger partial charge in [-0.25, -0.2) is 4.98 Å². The number of hydrogen-bond acceptors (Lipinski definition) is 5. The molecule has 0 atom stereocenters. The first-order chi connectivity index (χ1) is 9.65. The van der Waals surface area contributed by atoms with Crippen LogP contribution in [0.1, 0.15) is 69.9 Å². The minimum absolute atomic E-state index is 0.388. The van der Waals surface area contributed by atoms with E-state index in [2.05, 4.69) is 28.8 Å². The van der Waals surface area contributed by atoms with Crippen LogP contribution in [0.25, 0.3) is 0 Å². The second-order valence-electron chi connectivity index (χ2n) is 6.07. The van der Waals surface area contributed by atoms with Gasteiger partial charge in [0.1, 0.15) is 11.6 Å². The molecule has 0 saturated heterocycles. The number of aromatic nitrogens is 3. The van der Waals surface area contributed by atoms with Gasteiger partial charge in [0, 0.05) is 5.92 Å². The van der Waals surface area contributed by atoms with Crippen molar-refractivity contribution in [1.82, 2.24) is 15.0 Å². The number of nitrogen functional groups attached to an aromatic ring is 1. The first-order valence-electron chi connectivity index (χ1n) is 7.73. The van der Waals surface area contributed by atoms with Crippen LogP contribution >= 0.6 is 11.8 Å². The van der Waals surface area contributed by atoms with E-state index < -0.39 is 0 Å². The third-order valence-electron chi connectivity index (χ3n) is 3.62. The molecule has 0 radical (unpaired) electrons. The monoisotopic (exact) mass is 294 g/mol. The van der Waals surface area contributed by atoms with Crippen LogP contribution in [0.3, 0.4) is 0 Å². The van der Waals surface area contributed by atoms with Crippen molar-refractivity contribution in [2.45, 2.75) is 64.0 Å². The molecule has 1 aliphatic carbocycles. The van der Waals surface area contributed by atoms with Gasteiger partial charge in [0.2, 0.25) is 5.95 Å². The zero-order valence-corrected chi connectivity index (χ0v) is 13.5. The molecule has 2 N–H and O–H groups in total. The maximum absolute atomic E-state index is 5.87. The van der Waals surface area contributed by atoms with E-state index in [0.717, 1.165) is 23.2 Å². The van der Waals surface area contributed by atoms with E-state index in [0.29, 0.717) is 17.8 Å². The van der Waals surface area contributed by atoms with Crippen LogP contribution in [0.4, 0.5) is 5.95 Å². The minimum atomic E-state index is 0.388. The Labute approximate surface area is 126 Å². The molecule has 1 aromatic rings. The Morgan fingerprint density at radius 2 is 1.80 bits per heavy atom. The molecule has 1 saturated carbocycles. The molecule has 0 unspecified atom stereocenters. The van der Waals surface area contributed by atoms with Gasteiger partial charge < -0.3 is 5.73 Å². The summed E-state index contributed by atoms with van der Waals surface area (Å²) in [6, 6.07) is 0. The number of nitrogens with two attached hydrogens (primary N) is 1. The van der Waals surface area contributed by atoms with Crippen molar-refractivity contribution in [1.29, 1.82) is 0 Å². The SMILES string of the molecule is CC(C)CSCc1nc(N)nc(C2CCCCCC2)n1. The van der Waals surface area contributed by atoms with Crippen molar-refractivity contribution in [2.75, 3.05) is 11.5 Å². The summed E-state index contributed by atoms with van der Waals surface area (Å²) in [4.78, 5) is 13.3. The highest BCUT2D eigenvalue weighted by atomic mass is 32.2. The molecule has 1 aromatic heterocycles. The van der Waals surface area contributed by atoms with Crippen molar-refractivity contribution >= 4 is 17.7 Å². The van der Waals surface area contributed by atoms with Crippen LogP contribution in [0, 0.1) is 5.92 Å². The van der Waals surface area contributed by atoms with Crippen LogP contribution in [0.15, 0.2) is 0 Å². The van der Waals surface area contributed by atoms with Gasteiger partial charge in [0.15, 0.2) is 0 Å². The molecule has 1 aliphatic rings. The predicted molar refractivity (Wildman–Crippen MR) is 85.7 cm³/mol. The quantitative estimate of drug-likeness (QED) is 0.837. The Morgan fingerprint density at radius 3 is 2.45 bits per heavy atom. The summed E-state index contributed by atoms with van der Waals surface area (Å²) in [5, 5.41) is 0. The summed E-state index contributed by atoms with van der Waals surface area (Å²) in [6.45, 7) is 4.46. The Balaban J connectivity index is 2.03. The van der Waals surface area contributed by atoms with Crippen molar-refractivity contribution in [3.8, 4) is 0 Å². The zero-order chi connectivity index (χ0) is 14.4. The first kappa shape index (κ1) is 15.5. The summed E-state index contributed by atoms with van der Waals surface area (Å²) in [5.41, 5.74) is 5.87. The van der Waals surface area contributed by atoms with Crippen LogP contribution in [0.2, 0.25) is 0 Å². The van der Waals surface area contributed by atoms with E-state index in [1.165, 1.54) is 38.5 Å². The van der Waals surface area contributed by atoms with E-state index in [-0.39, 0.29) is 0 Å². The number of thioether (sulfide) groups is 1. The molecule has 0 bridgehead atoms. The van der Waals surface area contributed by atoms with E-state index in [1.807, 2.05) is 11.8 Å². The molecule has 112 valence electrons. The van der Waals surface area contributed by atoms with Crippen LogP contribution in [0.5, 0.6) is 0 Å². The zero-order valence-electron chi connectivity index (χ0n) is 12.6. The lowest BCUT2D eigenvalue weighted by Crippen LogP contribution is -2.11. The molecule has 0 spiro atoms. The number of anilines is 1. The van der Waals surface area contributed by atoms with E-state index in [1.54, 1.807) is 0 Å². The summed E-state index contributed by atoms with van der Waals surface area (Å²) in [5.74, 6) is 5.31. The number of nitrogens with zero attached hydrogens (tertiary/aromatic N) is 3. The van der Waals surface area contributed by atoms with Crippen molar-refractivity contribution in [3.63, 3.8) is 0 Å². The van der Waals surface area contributed by atoms with Crippen LogP contribution in [-0.4, -0.2) is 20.7 Å². The molecule has 4 nitrogen and oxygen atoms in total. The first-order valence-corrected chi connectivity index (χ1v) is 8.88. The molecule has 0 aromatic carbocycles. The topological polar surface area (TPSA) is 64.7 Å². The fourth-order valence-corrected chi connectivity index (χ4v) is 3.53. The van der Waals surface area contributed by atoms with Crippen molar-refractivity contribution < 1.29 is 0 Å². The van der Waals surface area contributed by atoms with Crippen LogP contribution in [-0.2, 0) is 5.75 Å². The molecule has 2 rings (SSSR count). The third-order valence-corrected chi connectivity index (χ3v) is 4.98. The van der Waals surface area contributed by atoms with Gasteiger partial charge in [-0.2, -0.15) is 21.7 Å².